The van der Waals surface area contributed by atoms with Gasteiger partial charge in [-0.1, -0.05) is 30.3 Å². The standard InChI is InChI=1S/C17H21N3O2/c1-2-22-12-16(21)20-10-8-14-15(9-11-20)18-19-17(14)13-6-4-3-5-7-13/h3-7H,2,8-12H2,1H3,(H,18,19). The third-order valence-corrected chi connectivity index (χ3v) is 4.05. The van der Waals surface area contributed by atoms with E-state index in [-0.39, 0.29) is 12.5 Å². The Morgan fingerprint density at radius 1 is 1.27 bits per heavy atom. The SMILES string of the molecule is CCOCC(=O)N1CCc2[nH]nc(-c3ccccc3)c2CC1. The van der Waals surface area contributed by atoms with Crippen LogP contribution >= 0.6 is 0 Å². The van der Waals surface area contributed by atoms with Crippen molar-refractivity contribution in [3.05, 3.63) is 41.6 Å². The highest BCUT2D eigenvalue weighted by atomic mass is 16.5. The summed E-state index contributed by atoms with van der Waals surface area (Å²) in [6.45, 7) is 4.08. The molecule has 2 aromatic rings. The molecule has 5 nitrogen and oxygen atoms in total. The van der Waals surface area contributed by atoms with Crippen LogP contribution in [-0.2, 0) is 22.4 Å². The second-order valence-corrected chi connectivity index (χ2v) is 5.41. The van der Waals surface area contributed by atoms with E-state index >= 15 is 0 Å². The van der Waals surface area contributed by atoms with Gasteiger partial charge in [0.1, 0.15) is 6.61 Å². The first-order chi connectivity index (χ1) is 10.8. The monoisotopic (exact) mass is 299 g/mol. The van der Waals surface area contributed by atoms with Gasteiger partial charge in [0.2, 0.25) is 5.91 Å². The van der Waals surface area contributed by atoms with E-state index in [0.717, 1.165) is 42.9 Å². The summed E-state index contributed by atoms with van der Waals surface area (Å²) in [7, 11) is 0. The Labute approximate surface area is 130 Å². The summed E-state index contributed by atoms with van der Waals surface area (Å²) >= 11 is 0. The number of ether oxygens (including phenoxy) is 1. The number of H-pyrrole nitrogens is 1. The molecule has 1 aromatic heterocycles. The van der Waals surface area contributed by atoms with Crippen LogP contribution in [0.15, 0.2) is 30.3 Å². The third-order valence-electron chi connectivity index (χ3n) is 4.05. The van der Waals surface area contributed by atoms with Crippen molar-refractivity contribution in [2.45, 2.75) is 19.8 Å². The number of aromatic amines is 1. The Kier molecular flexibility index (Phi) is 4.53. The number of nitrogens with zero attached hydrogens (tertiary/aromatic N) is 2. The molecule has 0 unspecified atom stereocenters. The summed E-state index contributed by atoms with van der Waals surface area (Å²) in [5.41, 5.74) is 4.51. The molecule has 2 heterocycles. The number of nitrogens with one attached hydrogen (secondary N) is 1. The van der Waals surface area contributed by atoms with E-state index in [1.165, 1.54) is 5.56 Å². The Hall–Kier alpha value is -2.14. The molecule has 1 aliphatic heterocycles. The van der Waals surface area contributed by atoms with Gasteiger partial charge >= 0.3 is 0 Å². The van der Waals surface area contributed by atoms with Crippen molar-refractivity contribution in [2.75, 3.05) is 26.3 Å². The van der Waals surface area contributed by atoms with E-state index in [0.29, 0.717) is 6.61 Å². The topological polar surface area (TPSA) is 58.2 Å². The lowest BCUT2D eigenvalue weighted by Gasteiger charge is -2.20. The van der Waals surface area contributed by atoms with Crippen LogP contribution in [0.25, 0.3) is 11.3 Å². The fraction of sp³-hybridized carbons (Fsp3) is 0.412. The second kappa shape index (κ2) is 6.75. The molecule has 0 atom stereocenters. The van der Waals surface area contributed by atoms with Gasteiger partial charge in [0.05, 0.1) is 5.69 Å². The highest BCUT2D eigenvalue weighted by Gasteiger charge is 2.22. The molecule has 0 spiro atoms. The molecule has 0 fully saturated rings. The largest absolute Gasteiger partial charge is 0.372 e. The molecule has 0 bridgehead atoms. The van der Waals surface area contributed by atoms with Crippen LogP contribution in [0.2, 0.25) is 0 Å². The summed E-state index contributed by atoms with van der Waals surface area (Å²) in [5, 5.41) is 7.62. The molecule has 1 aromatic carbocycles. The van der Waals surface area contributed by atoms with Crippen molar-refractivity contribution in [2.24, 2.45) is 0 Å². The number of hydrogen-bond acceptors (Lipinski definition) is 3. The lowest BCUT2D eigenvalue weighted by atomic mass is 10.0. The molecule has 0 radical (unpaired) electrons. The molecule has 0 saturated heterocycles. The number of carbonyl (C=O) groups is 1. The minimum Gasteiger partial charge on any atom is -0.372 e. The Morgan fingerprint density at radius 2 is 2.05 bits per heavy atom. The highest BCUT2D eigenvalue weighted by molar-refractivity contribution is 5.77. The maximum atomic E-state index is 12.1. The van der Waals surface area contributed by atoms with E-state index in [2.05, 4.69) is 22.3 Å². The smallest absolute Gasteiger partial charge is 0.248 e. The van der Waals surface area contributed by atoms with Gasteiger partial charge in [0.15, 0.2) is 0 Å². The van der Waals surface area contributed by atoms with Crippen molar-refractivity contribution < 1.29 is 9.53 Å². The molecule has 1 amide bonds. The zero-order chi connectivity index (χ0) is 15.4. The number of fused-ring (bicyclic) bond motifs is 1. The summed E-state index contributed by atoms with van der Waals surface area (Å²) in [6.07, 6.45) is 1.64. The van der Waals surface area contributed by atoms with Crippen molar-refractivity contribution in [1.29, 1.82) is 0 Å². The van der Waals surface area contributed by atoms with Gasteiger partial charge < -0.3 is 9.64 Å². The number of amides is 1. The van der Waals surface area contributed by atoms with Crippen LogP contribution in [0.5, 0.6) is 0 Å². The van der Waals surface area contributed by atoms with Crippen LogP contribution in [0, 0.1) is 0 Å². The van der Waals surface area contributed by atoms with Crippen molar-refractivity contribution in [3.63, 3.8) is 0 Å². The average molecular weight is 299 g/mol. The average Bonchev–Trinajstić information content (AvgIpc) is 2.85. The number of carbonyl (C=O) groups excluding carboxylic acids is 1. The Bertz CT molecular complexity index is 637. The Balaban J connectivity index is 1.75. The molecule has 1 N–H and O–H groups in total. The van der Waals surface area contributed by atoms with Gasteiger partial charge in [-0.2, -0.15) is 5.10 Å². The molecule has 3 rings (SSSR count). The van der Waals surface area contributed by atoms with Gasteiger partial charge in [0, 0.05) is 42.9 Å². The molecule has 0 saturated carbocycles. The fourth-order valence-corrected chi connectivity index (χ4v) is 2.85. The van der Waals surface area contributed by atoms with Crippen LogP contribution in [0.4, 0.5) is 0 Å². The van der Waals surface area contributed by atoms with Gasteiger partial charge in [-0.05, 0) is 13.3 Å². The van der Waals surface area contributed by atoms with E-state index in [4.69, 9.17) is 4.74 Å². The number of rotatable bonds is 4. The molecule has 1 aliphatic rings. The molecule has 22 heavy (non-hydrogen) atoms. The van der Waals surface area contributed by atoms with Crippen LogP contribution < -0.4 is 0 Å². The fourth-order valence-electron chi connectivity index (χ4n) is 2.85. The predicted molar refractivity (Wildman–Crippen MR) is 84.5 cm³/mol. The first kappa shape index (κ1) is 14.8. The van der Waals surface area contributed by atoms with E-state index in [1.54, 1.807) is 0 Å². The molecular weight excluding hydrogens is 278 g/mol. The van der Waals surface area contributed by atoms with E-state index < -0.39 is 0 Å². The van der Waals surface area contributed by atoms with Crippen LogP contribution in [-0.4, -0.2) is 47.3 Å². The number of aromatic nitrogens is 2. The van der Waals surface area contributed by atoms with Crippen molar-refractivity contribution in [1.82, 2.24) is 15.1 Å². The minimum absolute atomic E-state index is 0.0706. The predicted octanol–water partition coefficient (Wildman–Crippen LogP) is 2.04. The van der Waals surface area contributed by atoms with Gasteiger partial charge in [0.25, 0.3) is 0 Å². The molecule has 5 heteroatoms. The molecular formula is C17H21N3O2. The number of benzene rings is 1. The van der Waals surface area contributed by atoms with E-state index in [1.807, 2.05) is 30.0 Å². The van der Waals surface area contributed by atoms with Gasteiger partial charge in [-0.15, -0.1) is 0 Å². The zero-order valence-corrected chi connectivity index (χ0v) is 12.8. The lowest BCUT2D eigenvalue weighted by Crippen LogP contribution is -2.36. The van der Waals surface area contributed by atoms with E-state index in [9.17, 15) is 4.79 Å². The third kappa shape index (κ3) is 3.04. The maximum Gasteiger partial charge on any atom is 0.248 e. The quantitative estimate of drug-likeness (QED) is 0.940. The second-order valence-electron chi connectivity index (χ2n) is 5.41. The number of hydrogen-bond donors (Lipinski definition) is 1. The van der Waals surface area contributed by atoms with Gasteiger partial charge in [-0.3, -0.25) is 9.89 Å². The maximum absolute atomic E-state index is 12.1. The van der Waals surface area contributed by atoms with Crippen molar-refractivity contribution >= 4 is 5.91 Å². The van der Waals surface area contributed by atoms with Crippen molar-refractivity contribution in [3.8, 4) is 11.3 Å². The molecule has 0 aliphatic carbocycles. The first-order valence-corrected chi connectivity index (χ1v) is 7.76. The Morgan fingerprint density at radius 3 is 2.82 bits per heavy atom. The minimum atomic E-state index is 0.0706. The summed E-state index contributed by atoms with van der Waals surface area (Å²) in [5.74, 6) is 0.0706. The van der Waals surface area contributed by atoms with Crippen LogP contribution in [0.1, 0.15) is 18.2 Å². The molecule has 116 valence electrons. The van der Waals surface area contributed by atoms with Gasteiger partial charge in [-0.25, -0.2) is 0 Å². The lowest BCUT2D eigenvalue weighted by molar-refractivity contribution is -0.135. The first-order valence-electron chi connectivity index (χ1n) is 7.76. The summed E-state index contributed by atoms with van der Waals surface area (Å²) in [6, 6.07) is 10.2. The normalized spacial score (nSPS) is 14.5. The highest BCUT2D eigenvalue weighted by Crippen LogP contribution is 2.26. The van der Waals surface area contributed by atoms with Crippen LogP contribution in [0.3, 0.4) is 0 Å². The summed E-state index contributed by atoms with van der Waals surface area (Å²) in [4.78, 5) is 14.0. The zero-order valence-electron chi connectivity index (χ0n) is 12.8. The summed E-state index contributed by atoms with van der Waals surface area (Å²) < 4.78 is 5.23.